The molecular formula is C16H21NO. The number of furan rings is 1. The van der Waals surface area contributed by atoms with Gasteiger partial charge < -0.3 is 9.73 Å². The van der Waals surface area contributed by atoms with Gasteiger partial charge in [-0.15, -0.1) is 0 Å². The Balaban J connectivity index is 2.20. The van der Waals surface area contributed by atoms with E-state index < -0.39 is 0 Å². The van der Waals surface area contributed by atoms with Crippen LogP contribution in [0.25, 0.3) is 0 Å². The number of rotatable bonds is 4. The van der Waals surface area contributed by atoms with Crippen molar-refractivity contribution in [1.82, 2.24) is 5.32 Å². The first kappa shape index (κ1) is 12.9. The zero-order chi connectivity index (χ0) is 13.1. The molecule has 0 spiro atoms. The zero-order valence-electron chi connectivity index (χ0n) is 11.6. The van der Waals surface area contributed by atoms with Gasteiger partial charge in [0.25, 0.3) is 0 Å². The first-order chi connectivity index (χ1) is 8.61. The minimum atomic E-state index is 0.784. The molecule has 0 amide bonds. The zero-order valence-corrected chi connectivity index (χ0v) is 11.6. The molecule has 18 heavy (non-hydrogen) atoms. The van der Waals surface area contributed by atoms with E-state index in [-0.39, 0.29) is 0 Å². The Hall–Kier alpha value is -1.54. The number of hydrogen-bond acceptors (Lipinski definition) is 2. The molecule has 0 bridgehead atoms. The Morgan fingerprint density at radius 2 is 1.67 bits per heavy atom. The number of benzene rings is 1. The van der Waals surface area contributed by atoms with Crippen molar-refractivity contribution in [2.75, 3.05) is 7.05 Å². The van der Waals surface area contributed by atoms with Crippen LogP contribution in [0.5, 0.6) is 0 Å². The lowest BCUT2D eigenvalue weighted by Crippen LogP contribution is -2.03. The molecule has 2 rings (SSSR count). The molecule has 0 aliphatic heterocycles. The molecule has 1 aromatic carbocycles. The van der Waals surface area contributed by atoms with E-state index in [0.717, 1.165) is 24.5 Å². The number of nitrogens with one attached hydrogen (secondary N) is 1. The maximum Gasteiger partial charge on any atom is 0.117 e. The van der Waals surface area contributed by atoms with E-state index in [1.807, 2.05) is 13.1 Å². The Morgan fingerprint density at radius 1 is 0.944 bits per heavy atom. The van der Waals surface area contributed by atoms with E-state index in [9.17, 15) is 0 Å². The third kappa shape index (κ3) is 2.65. The molecule has 0 aliphatic rings. The van der Waals surface area contributed by atoms with Gasteiger partial charge in [-0.2, -0.15) is 0 Å². The van der Waals surface area contributed by atoms with Crippen LogP contribution in [0, 0.1) is 20.8 Å². The molecular weight excluding hydrogens is 222 g/mol. The van der Waals surface area contributed by atoms with Crippen molar-refractivity contribution in [1.29, 1.82) is 0 Å². The monoisotopic (exact) mass is 243 g/mol. The van der Waals surface area contributed by atoms with E-state index in [4.69, 9.17) is 4.42 Å². The van der Waals surface area contributed by atoms with Crippen LogP contribution >= 0.6 is 0 Å². The standard InChI is InChI=1S/C16H21NO/c1-11-5-6-14(13(3)12(11)2)9-15-7-8-16(18-15)10-17-4/h5-8,17H,9-10H2,1-4H3. The van der Waals surface area contributed by atoms with Crippen molar-refractivity contribution in [3.05, 3.63) is 58.0 Å². The highest BCUT2D eigenvalue weighted by molar-refractivity contribution is 5.40. The van der Waals surface area contributed by atoms with Crippen molar-refractivity contribution in [3.8, 4) is 0 Å². The largest absolute Gasteiger partial charge is 0.464 e. The summed E-state index contributed by atoms with van der Waals surface area (Å²) < 4.78 is 5.79. The lowest BCUT2D eigenvalue weighted by atomic mass is 9.96. The molecule has 0 saturated heterocycles. The lowest BCUT2D eigenvalue weighted by Gasteiger charge is -2.10. The molecule has 0 radical (unpaired) electrons. The predicted molar refractivity (Wildman–Crippen MR) is 74.9 cm³/mol. The van der Waals surface area contributed by atoms with Crippen molar-refractivity contribution in [3.63, 3.8) is 0 Å². The fourth-order valence-corrected chi connectivity index (χ4v) is 2.18. The fourth-order valence-electron chi connectivity index (χ4n) is 2.18. The van der Waals surface area contributed by atoms with Crippen LogP contribution in [-0.2, 0) is 13.0 Å². The van der Waals surface area contributed by atoms with Gasteiger partial charge in [-0.3, -0.25) is 0 Å². The average molecular weight is 243 g/mol. The maximum absolute atomic E-state index is 5.79. The van der Waals surface area contributed by atoms with Crippen LogP contribution in [0.4, 0.5) is 0 Å². The van der Waals surface area contributed by atoms with Gasteiger partial charge in [0.15, 0.2) is 0 Å². The Kier molecular flexibility index (Phi) is 3.87. The Morgan fingerprint density at radius 3 is 2.39 bits per heavy atom. The number of aryl methyl sites for hydroxylation is 1. The molecule has 2 aromatic rings. The topological polar surface area (TPSA) is 25.2 Å². The lowest BCUT2D eigenvalue weighted by molar-refractivity contribution is 0.462. The summed E-state index contributed by atoms with van der Waals surface area (Å²) in [6.45, 7) is 7.31. The van der Waals surface area contributed by atoms with E-state index in [0.29, 0.717) is 0 Å². The third-order valence-corrected chi connectivity index (χ3v) is 3.60. The summed E-state index contributed by atoms with van der Waals surface area (Å²) in [7, 11) is 1.93. The van der Waals surface area contributed by atoms with Gasteiger partial charge in [0, 0.05) is 6.42 Å². The van der Waals surface area contributed by atoms with E-state index in [1.165, 1.54) is 22.3 Å². The average Bonchev–Trinajstić information content (AvgIpc) is 2.78. The van der Waals surface area contributed by atoms with Gasteiger partial charge in [0.1, 0.15) is 11.5 Å². The maximum atomic E-state index is 5.79. The van der Waals surface area contributed by atoms with E-state index in [1.54, 1.807) is 0 Å². The smallest absolute Gasteiger partial charge is 0.117 e. The summed E-state index contributed by atoms with van der Waals surface area (Å²) in [6.07, 6.45) is 0.872. The van der Waals surface area contributed by atoms with Gasteiger partial charge in [-0.05, 0) is 62.2 Å². The molecule has 2 heteroatoms. The van der Waals surface area contributed by atoms with Gasteiger partial charge >= 0.3 is 0 Å². The van der Waals surface area contributed by atoms with Gasteiger partial charge in [0.05, 0.1) is 6.54 Å². The second-order valence-corrected chi connectivity index (χ2v) is 4.87. The van der Waals surface area contributed by atoms with Crippen LogP contribution in [0.15, 0.2) is 28.7 Å². The van der Waals surface area contributed by atoms with Crippen LogP contribution < -0.4 is 5.32 Å². The van der Waals surface area contributed by atoms with Crippen LogP contribution in [0.3, 0.4) is 0 Å². The second kappa shape index (κ2) is 5.40. The van der Waals surface area contributed by atoms with Gasteiger partial charge in [-0.1, -0.05) is 12.1 Å². The minimum Gasteiger partial charge on any atom is -0.464 e. The summed E-state index contributed by atoms with van der Waals surface area (Å²) in [5.41, 5.74) is 5.46. The van der Waals surface area contributed by atoms with Crippen molar-refractivity contribution in [2.45, 2.75) is 33.7 Å². The SMILES string of the molecule is CNCc1ccc(Cc2ccc(C)c(C)c2C)o1. The van der Waals surface area contributed by atoms with E-state index >= 15 is 0 Å². The summed E-state index contributed by atoms with van der Waals surface area (Å²) >= 11 is 0. The predicted octanol–water partition coefficient (Wildman–Crippen LogP) is 3.52. The molecule has 0 saturated carbocycles. The molecule has 0 fully saturated rings. The molecule has 2 nitrogen and oxygen atoms in total. The Bertz CT molecular complexity index is 540. The molecule has 1 aromatic heterocycles. The minimum absolute atomic E-state index is 0.784. The molecule has 1 N–H and O–H groups in total. The third-order valence-electron chi connectivity index (χ3n) is 3.60. The van der Waals surface area contributed by atoms with E-state index in [2.05, 4.69) is 44.3 Å². The van der Waals surface area contributed by atoms with Crippen molar-refractivity contribution in [2.24, 2.45) is 0 Å². The molecule has 0 aliphatic carbocycles. The highest BCUT2D eigenvalue weighted by Crippen LogP contribution is 2.21. The molecule has 96 valence electrons. The summed E-state index contributed by atoms with van der Waals surface area (Å²) in [5, 5.41) is 3.10. The quantitative estimate of drug-likeness (QED) is 0.889. The summed E-state index contributed by atoms with van der Waals surface area (Å²) in [5.74, 6) is 2.03. The first-order valence-electron chi connectivity index (χ1n) is 6.39. The van der Waals surface area contributed by atoms with Crippen molar-refractivity contribution < 1.29 is 4.42 Å². The van der Waals surface area contributed by atoms with Gasteiger partial charge in [-0.25, -0.2) is 0 Å². The number of hydrogen-bond donors (Lipinski definition) is 1. The van der Waals surface area contributed by atoms with Crippen molar-refractivity contribution >= 4 is 0 Å². The second-order valence-electron chi connectivity index (χ2n) is 4.87. The summed E-state index contributed by atoms with van der Waals surface area (Å²) in [6, 6.07) is 8.51. The molecule has 0 unspecified atom stereocenters. The molecule has 1 heterocycles. The fraction of sp³-hybridized carbons (Fsp3) is 0.375. The van der Waals surface area contributed by atoms with Gasteiger partial charge in [0.2, 0.25) is 0 Å². The summed E-state index contributed by atoms with van der Waals surface area (Å²) in [4.78, 5) is 0. The molecule has 0 atom stereocenters. The van der Waals surface area contributed by atoms with Crippen LogP contribution in [0.1, 0.15) is 33.8 Å². The van der Waals surface area contributed by atoms with Crippen LogP contribution in [0.2, 0.25) is 0 Å². The first-order valence-corrected chi connectivity index (χ1v) is 6.39. The highest BCUT2D eigenvalue weighted by atomic mass is 16.3. The highest BCUT2D eigenvalue weighted by Gasteiger charge is 2.07. The van der Waals surface area contributed by atoms with Crippen LogP contribution in [-0.4, -0.2) is 7.05 Å². The Labute approximate surface area is 109 Å². The normalized spacial score (nSPS) is 10.9.